The van der Waals surface area contributed by atoms with Crippen LogP contribution in [0.2, 0.25) is 0 Å². The van der Waals surface area contributed by atoms with Crippen LogP contribution < -0.4 is 10.0 Å². The van der Waals surface area contributed by atoms with Crippen molar-refractivity contribution in [2.45, 2.75) is 24.7 Å². The summed E-state index contributed by atoms with van der Waals surface area (Å²) in [6.45, 7) is 2.29. The second kappa shape index (κ2) is 9.54. The van der Waals surface area contributed by atoms with Gasteiger partial charge in [-0.05, 0) is 61.7 Å². The van der Waals surface area contributed by atoms with E-state index in [0.717, 1.165) is 11.1 Å². The zero-order valence-electron chi connectivity index (χ0n) is 16.6. The molecule has 0 heterocycles. The molecule has 0 aliphatic rings. The Morgan fingerprint density at radius 2 is 1.60 bits per heavy atom. The van der Waals surface area contributed by atoms with Crippen molar-refractivity contribution in [1.82, 2.24) is 5.32 Å². The molecule has 0 aliphatic carbocycles. The third-order valence-electron chi connectivity index (χ3n) is 4.59. The van der Waals surface area contributed by atoms with E-state index < -0.39 is 10.0 Å². The zero-order valence-corrected chi connectivity index (χ0v) is 17.4. The lowest BCUT2D eigenvalue weighted by atomic mass is 10.1. The maximum atomic E-state index is 12.9. The van der Waals surface area contributed by atoms with Crippen molar-refractivity contribution in [3.63, 3.8) is 0 Å². The van der Waals surface area contributed by atoms with Gasteiger partial charge >= 0.3 is 0 Å². The summed E-state index contributed by atoms with van der Waals surface area (Å²) in [4.78, 5) is 12.7. The summed E-state index contributed by atoms with van der Waals surface area (Å²) >= 11 is 0. The van der Waals surface area contributed by atoms with Crippen molar-refractivity contribution < 1.29 is 17.6 Å². The van der Waals surface area contributed by atoms with Gasteiger partial charge in [-0.3, -0.25) is 9.52 Å². The van der Waals surface area contributed by atoms with Crippen LogP contribution in [0.3, 0.4) is 0 Å². The summed E-state index contributed by atoms with van der Waals surface area (Å²) in [6.07, 6.45) is 1.37. The van der Waals surface area contributed by atoms with Crippen molar-refractivity contribution in [2.24, 2.45) is 0 Å². The topological polar surface area (TPSA) is 75.3 Å². The van der Waals surface area contributed by atoms with Gasteiger partial charge in [0.25, 0.3) is 15.9 Å². The van der Waals surface area contributed by atoms with Crippen molar-refractivity contribution in [3.05, 3.63) is 95.3 Å². The number of carbonyl (C=O) groups is 1. The first-order valence-corrected chi connectivity index (χ1v) is 11.0. The molecule has 0 bridgehead atoms. The summed E-state index contributed by atoms with van der Waals surface area (Å²) in [5, 5.41) is 2.81. The first kappa shape index (κ1) is 21.5. The number of hydrogen-bond donors (Lipinski definition) is 2. The Balaban J connectivity index is 1.63. The van der Waals surface area contributed by atoms with Gasteiger partial charge in [0.1, 0.15) is 5.82 Å². The Bertz CT molecular complexity index is 1110. The molecule has 3 rings (SSSR count). The number of amides is 1. The zero-order chi connectivity index (χ0) is 21.6. The van der Waals surface area contributed by atoms with Crippen LogP contribution in [0.25, 0.3) is 0 Å². The van der Waals surface area contributed by atoms with E-state index in [4.69, 9.17) is 0 Å². The SMILES string of the molecule is Cc1ccc(S(=O)(=O)Nc2ccccc2C(=O)NCCCc2ccc(F)cc2)cc1. The van der Waals surface area contributed by atoms with E-state index in [-0.39, 0.29) is 27.9 Å². The number of benzene rings is 3. The predicted molar refractivity (Wildman–Crippen MR) is 115 cm³/mol. The average Bonchev–Trinajstić information content (AvgIpc) is 2.73. The van der Waals surface area contributed by atoms with Gasteiger partial charge in [0.15, 0.2) is 0 Å². The lowest BCUT2D eigenvalue weighted by Gasteiger charge is -2.13. The Kier molecular flexibility index (Phi) is 6.84. The molecular formula is C23H23FN2O3S. The highest BCUT2D eigenvalue weighted by molar-refractivity contribution is 7.92. The van der Waals surface area contributed by atoms with Crippen LogP contribution in [0.1, 0.15) is 27.9 Å². The van der Waals surface area contributed by atoms with Crippen molar-refractivity contribution in [3.8, 4) is 0 Å². The Morgan fingerprint density at radius 1 is 0.933 bits per heavy atom. The highest BCUT2D eigenvalue weighted by Crippen LogP contribution is 2.20. The van der Waals surface area contributed by atoms with E-state index in [1.54, 1.807) is 48.5 Å². The maximum Gasteiger partial charge on any atom is 0.261 e. The number of carbonyl (C=O) groups excluding carboxylic acids is 1. The molecule has 3 aromatic carbocycles. The normalized spacial score (nSPS) is 11.1. The average molecular weight is 427 g/mol. The third kappa shape index (κ3) is 5.67. The van der Waals surface area contributed by atoms with Gasteiger partial charge in [0.2, 0.25) is 0 Å². The first-order chi connectivity index (χ1) is 14.3. The van der Waals surface area contributed by atoms with E-state index in [0.29, 0.717) is 19.4 Å². The molecule has 0 unspecified atom stereocenters. The van der Waals surface area contributed by atoms with E-state index in [1.807, 2.05) is 6.92 Å². The highest BCUT2D eigenvalue weighted by Gasteiger charge is 2.18. The lowest BCUT2D eigenvalue weighted by molar-refractivity contribution is 0.0954. The first-order valence-electron chi connectivity index (χ1n) is 9.56. The molecule has 1 amide bonds. The number of para-hydroxylation sites is 1. The van der Waals surface area contributed by atoms with E-state index >= 15 is 0 Å². The van der Waals surface area contributed by atoms with Crippen LogP contribution in [-0.4, -0.2) is 20.9 Å². The van der Waals surface area contributed by atoms with Crippen molar-refractivity contribution >= 4 is 21.6 Å². The van der Waals surface area contributed by atoms with E-state index in [9.17, 15) is 17.6 Å². The van der Waals surface area contributed by atoms with Crippen LogP contribution in [0.4, 0.5) is 10.1 Å². The summed E-state index contributed by atoms with van der Waals surface area (Å²) in [5.41, 5.74) is 2.40. The Labute approximate surface area is 176 Å². The molecule has 0 spiro atoms. The molecule has 7 heteroatoms. The number of aryl methyl sites for hydroxylation is 2. The number of rotatable bonds is 8. The summed E-state index contributed by atoms with van der Waals surface area (Å²) in [7, 11) is -3.81. The van der Waals surface area contributed by atoms with Crippen molar-refractivity contribution in [1.29, 1.82) is 0 Å². The van der Waals surface area contributed by atoms with Gasteiger partial charge in [-0.15, -0.1) is 0 Å². The fourth-order valence-corrected chi connectivity index (χ4v) is 4.01. The fraction of sp³-hybridized carbons (Fsp3) is 0.174. The smallest absolute Gasteiger partial charge is 0.261 e. The molecule has 0 aromatic heterocycles. The molecule has 0 aliphatic heterocycles. The molecule has 156 valence electrons. The van der Waals surface area contributed by atoms with Crippen LogP contribution in [0.5, 0.6) is 0 Å². The predicted octanol–water partition coefficient (Wildman–Crippen LogP) is 4.30. The molecule has 0 saturated heterocycles. The standard InChI is InChI=1S/C23H23FN2O3S/c1-17-8-14-20(15-9-17)30(28,29)26-22-7-3-2-6-21(22)23(27)25-16-4-5-18-10-12-19(24)13-11-18/h2-3,6-15,26H,4-5,16H2,1H3,(H,25,27). The van der Waals surface area contributed by atoms with Crippen LogP contribution in [-0.2, 0) is 16.4 Å². The van der Waals surface area contributed by atoms with Gasteiger partial charge in [0, 0.05) is 6.54 Å². The van der Waals surface area contributed by atoms with Gasteiger partial charge in [-0.1, -0.05) is 42.0 Å². The van der Waals surface area contributed by atoms with E-state index in [1.165, 1.54) is 24.3 Å². The summed E-state index contributed by atoms with van der Waals surface area (Å²) < 4.78 is 40.8. The number of halogens is 1. The van der Waals surface area contributed by atoms with Crippen molar-refractivity contribution in [2.75, 3.05) is 11.3 Å². The number of nitrogens with one attached hydrogen (secondary N) is 2. The minimum atomic E-state index is -3.81. The van der Waals surface area contributed by atoms with E-state index in [2.05, 4.69) is 10.0 Å². The quantitative estimate of drug-likeness (QED) is 0.528. The van der Waals surface area contributed by atoms with Gasteiger partial charge in [-0.25, -0.2) is 12.8 Å². The Hall–Kier alpha value is -3.19. The van der Waals surface area contributed by atoms with Gasteiger partial charge in [-0.2, -0.15) is 0 Å². The molecule has 0 radical (unpaired) electrons. The molecule has 0 saturated carbocycles. The van der Waals surface area contributed by atoms with Gasteiger partial charge < -0.3 is 5.32 Å². The van der Waals surface area contributed by atoms with Crippen LogP contribution in [0, 0.1) is 12.7 Å². The summed E-state index contributed by atoms with van der Waals surface area (Å²) in [6, 6.07) is 19.2. The lowest BCUT2D eigenvalue weighted by Crippen LogP contribution is -2.26. The minimum absolute atomic E-state index is 0.127. The molecule has 2 N–H and O–H groups in total. The number of sulfonamides is 1. The number of hydrogen-bond acceptors (Lipinski definition) is 3. The van der Waals surface area contributed by atoms with Crippen LogP contribution in [0.15, 0.2) is 77.7 Å². The minimum Gasteiger partial charge on any atom is -0.352 e. The van der Waals surface area contributed by atoms with Crippen LogP contribution >= 0.6 is 0 Å². The molecule has 0 fully saturated rings. The fourth-order valence-electron chi connectivity index (χ4n) is 2.93. The Morgan fingerprint density at radius 3 is 2.30 bits per heavy atom. The third-order valence-corrected chi connectivity index (χ3v) is 5.97. The molecular weight excluding hydrogens is 403 g/mol. The van der Waals surface area contributed by atoms with Gasteiger partial charge in [0.05, 0.1) is 16.1 Å². The molecule has 0 atom stereocenters. The number of anilines is 1. The molecule has 5 nitrogen and oxygen atoms in total. The summed E-state index contributed by atoms with van der Waals surface area (Å²) in [5.74, 6) is -0.645. The largest absolute Gasteiger partial charge is 0.352 e. The monoisotopic (exact) mass is 426 g/mol. The maximum absolute atomic E-state index is 12.9. The second-order valence-electron chi connectivity index (χ2n) is 6.95. The second-order valence-corrected chi connectivity index (χ2v) is 8.63. The highest BCUT2D eigenvalue weighted by atomic mass is 32.2. The molecule has 3 aromatic rings. The molecule has 30 heavy (non-hydrogen) atoms.